The van der Waals surface area contributed by atoms with Crippen molar-refractivity contribution < 1.29 is 19.1 Å². The van der Waals surface area contributed by atoms with Gasteiger partial charge in [0.15, 0.2) is 0 Å². The molecule has 2 heterocycles. The van der Waals surface area contributed by atoms with Crippen LogP contribution in [0.3, 0.4) is 0 Å². The minimum atomic E-state index is -1.11. The maximum Gasteiger partial charge on any atom is 0.371 e. The van der Waals surface area contributed by atoms with Crippen LogP contribution in [0.4, 0.5) is 4.79 Å². The first-order valence-electron chi connectivity index (χ1n) is 6.72. The lowest BCUT2D eigenvalue weighted by Crippen LogP contribution is -2.45. The fraction of sp³-hybridized carbons (Fsp3) is 0.571. The van der Waals surface area contributed by atoms with E-state index in [0.717, 1.165) is 25.9 Å². The first kappa shape index (κ1) is 14.4. The zero-order valence-corrected chi connectivity index (χ0v) is 11.8. The van der Waals surface area contributed by atoms with E-state index in [0.29, 0.717) is 11.2 Å². The number of nitrogens with zero attached hydrogens (tertiary/aromatic N) is 1. The first-order chi connectivity index (χ1) is 9.37. The van der Waals surface area contributed by atoms with Gasteiger partial charge in [-0.2, -0.15) is 0 Å². The molecule has 0 radical (unpaired) electrons. The Morgan fingerprint density at radius 2 is 2.00 bits per heavy atom. The Morgan fingerprint density at radius 3 is 2.55 bits per heavy atom. The van der Waals surface area contributed by atoms with Crippen LogP contribution < -0.4 is 5.32 Å². The Morgan fingerprint density at radius 1 is 1.35 bits per heavy atom. The molecule has 0 saturated carbocycles. The number of furan rings is 1. The second-order valence-corrected chi connectivity index (χ2v) is 5.88. The van der Waals surface area contributed by atoms with Crippen LogP contribution >= 0.6 is 0 Å². The maximum absolute atomic E-state index is 12.0. The van der Waals surface area contributed by atoms with Crippen LogP contribution in [-0.2, 0) is 6.54 Å². The summed E-state index contributed by atoms with van der Waals surface area (Å²) in [5.41, 5.74) is 0.300. The van der Waals surface area contributed by atoms with Crippen LogP contribution in [-0.4, -0.2) is 35.1 Å². The summed E-state index contributed by atoms with van der Waals surface area (Å²) < 4.78 is 5.08. The van der Waals surface area contributed by atoms with Gasteiger partial charge in [-0.1, -0.05) is 13.8 Å². The molecule has 0 bridgehead atoms. The molecule has 1 fully saturated rings. The third-order valence-electron chi connectivity index (χ3n) is 3.69. The van der Waals surface area contributed by atoms with Crippen molar-refractivity contribution in [2.45, 2.75) is 33.2 Å². The SMILES string of the molecule is CC1(C)CCN(C(=O)NCc2ccc(C(=O)O)o2)CC1. The lowest BCUT2D eigenvalue weighted by Gasteiger charge is -2.36. The number of urea groups is 1. The Balaban J connectivity index is 1.81. The molecule has 0 aromatic carbocycles. The minimum Gasteiger partial charge on any atom is -0.475 e. The largest absolute Gasteiger partial charge is 0.475 e. The van der Waals surface area contributed by atoms with Crippen LogP contribution in [0.15, 0.2) is 16.5 Å². The molecule has 1 aliphatic rings. The number of amides is 2. The average molecular weight is 280 g/mol. The molecule has 2 amide bonds. The number of carbonyl (C=O) groups is 2. The molecule has 20 heavy (non-hydrogen) atoms. The number of carboxylic acid groups (broad SMARTS) is 1. The van der Waals surface area contributed by atoms with Crippen molar-refractivity contribution in [2.75, 3.05) is 13.1 Å². The highest BCUT2D eigenvalue weighted by atomic mass is 16.4. The molecular formula is C14H20N2O4. The zero-order chi connectivity index (χ0) is 14.8. The van der Waals surface area contributed by atoms with E-state index in [2.05, 4.69) is 19.2 Å². The smallest absolute Gasteiger partial charge is 0.371 e. The van der Waals surface area contributed by atoms with Gasteiger partial charge in [0.25, 0.3) is 0 Å². The molecule has 110 valence electrons. The molecule has 1 saturated heterocycles. The molecule has 1 aromatic rings. The predicted octanol–water partition coefficient (Wildman–Crippen LogP) is 2.31. The van der Waals surface area contributed by atoms with E-state index in [1.807, 2.05) is 0 Å². The molecular weight excluding hydrogens is 260 g/mol. The van der Waals surface area contributed by atoms with Crippen LogP contribution in [0.1, 0.15) is 43.0 Å². The van der Waals surface area contributed by atoms with E-state index in [9.17, 15) is 9.59 Å². The van der Waals surface area contributed by atoms with Gasteiger partial charge in [-0.15, -0.1) is 0 Å². The monoisotopic (exact) mass is 280 g/mol. The highest BCUT2D eigenvalue weighted by molar-refractivity contribution is 5.84. The summed E-state index contributed by atoms with van der Waals surface area (Å²) in [7, 11) is 0. The van der Waals surface area contributed by atoms with Crippen LogP contribution in [0.2, 0.25) is 0 Å². The number of nitrogens with one attached hydrogen (secondary N) is 1. The van der Waals surface area contributed by atoms with E-state index in [4.69, 9.17) is 9.52 Å². The zero-order valence-electron chi connectivity index (χ0n) is 11.8. The Bertz CT molecular complexity index is 497. The summed E-state index contributed by atoms with van der Waals surface area (Å²) in [6, 6.07) is 2.81. The molecule has 0 aliphatic carbocycles. The highest BCUT2D eigenvalue weighted by Gasteiger charge is 2.27. The Labute approximate surface area is 117 Å². The first-order valence-corrected chi connectivity index (χ1v) is 6.72. The van der Waals surface area contributed by atoms with Crippen molar-refractivity contribution in [3.05, 3.63) is 23.7 Å². The summed E-state index contributed by atoms with van der Waals surface area (Å²) in [4.78, 5) is 24.4. The molecule has 1 aliphatic heterocycles. The van der Waals surface area contributed by atoms with Crippen molar-refractivity contribution in [1.82, 2.24) is 10.2 Å². The van der Waals surface area contributed by atoms with Crippen molar-refractivity contribution in [2.24, 2.45) is 5.41 Å². The van der Waals surface area contributed by atoms with Crippen LogP contribution in [0, 0.1) is 5.41 Å². The summed E-state index contributed by atoms with van der Waals surface area (Å²) in [5.74, 6) is -0.789. The van der Waals surface area contributed by atoms with Gasteiger partial charge in [-0.3, -0.25) is 0 Å². The number of carbonyl (C=O) groups excluding carboxylic acids is 1. The lowest BCUT2D eigenvalue weighted by molar-refractivity contribution is 0.0660. The molecule has 6 heteroatoms. The number of likely N-dealkylation sites (tertiary alicyclic amines) is 1. The summed E-state index contributed by atoms with van der Waals surface area (Å²) in [6.07, 6.45) is 1.98. The third-order valence-corrected chi connectivity index (χ3v) is 3.69. The summed E-state index contributed by atoms with van der Waals surface area (Å²) >= 11 is 0. The van der Waals surface area contributed by atoms with Gasteiger partial charge >= 0.3 is 12.0 Å². The summed E-state index contributed by atoms with van der Waals surface area (Å²) in [6.45, 7) is 6.11. The van der Waals surface area contributed by atoms with Crippen LogP contribution in [0.25, 0.3) is 0 Å². The Kier molecular flexibility index (Phi) is 4.01. The third kappa shape index (κ3) is 3.53. The number of hydrogen-bond acceptors (Lipinski definition) is 3. The van der Waals surface area contributed by atoms with Gasteiger partial charge in [0, 0.05) is 13.1 Å². The van der Waals surface area contributed by atoms with Gasteiger partial charge < -0.3 is 19.7 Å². The van der Waals surface area contributed by atoms with Crippen molar-refractivity contribution in [3.8, 4) is 0 Å². The summed E-state index contributed by atoms with van der Waals surface area (Å²) in [5, 5.41) is 11.5. The van der Waals surface area contributed by atoms with Gasteiger partial charge in [-0.25, -0.2) is 9.59 Å². The quantitative estimate of drug-likeness (QED) is 0.890. The lowest BCUT2D eigenvalue weighted by atomic mass is 9.83. The molecule has 1 aromatic heterocycles. The normalized spacial score (nSPS) is 17.8. The number of aromatic carboxylic acids is 1. The topological polar surface area (TPSA) is 82.8 Å². The van der Waals surface area contributed by atoms with Gasteiger partial charge in [0.2, 0.25) is 5.76 Å². The second-order valence-electron chi connectivity index (χ2n) is 5.88. The fourth-order valence-electron chi connectivity index (χ4n) is 2.18. The fourth-order valence-corrected chi connectivity index (χ4v) is 2.18. The molecule has 0 unspecified atom stereocenters. The van der Waals surface area contributed by atoms with Gasteiger partial charge in [0.05, 0.1) is 6.54 Å². The maximum atomic E-state index is 12.0. The predicted molar refractivity (Wildman–Crippen MR) is 72.5 cm³/mol. The van der Waals surface area contributed by atoms with E-state index in [1.54, 1.807) is 11.0 Å². The minimum absolute atomic E-state index is 0.117. The average Bonchev–Trinajstić information content (AvgIpc) is 2.85. The van der Waals surface area contributed by atoms with Gasteiger partial charge in [0.1, 0.15) is 5.76 Å². The Hall–Kier alpha value is -1.98. The molecule has 0 spiro atoms. The van der Waals surface area contributed by atoms with E-state index >= 15 is 0 Å². The highest BCUT2D eigenvalue weighted by Crippen LogP contribution is 2.29. The molecule has 6 nitrogen and oxygen atoms in total. The molecule has 0 atom stereocenters. The van der Waals surface area contributed by atoms with E-state index in [-0.39, 0.29) is 18.3 Å². The molecule has 2 N–H and O–H groups in total. The van der Waals surface area contributed by atoms with Crippen molar-refractivity contribution in [3.63, 3.8) is 0 Å². The number of hydrogen-bond donors (Lipinski definition) is 2. The second kappa shape index (κ2) is 5.56. The van der Waals surface area contributed by atoms with Crippen LogP contribution in [0.5, 0.6) is 0 Å². The van der Waals surface area contributed by atoms with Crippen molar-refractivity contribution in [1.29, 1.82) is 0 Å². The van der Waals surface area contributed by atoms with E-state index < -0.39 is 5.97 Å². The standard InChI is InChI=1S/C14H20N2O4/c1-14(2)5-7-16(8-6-14)13(19)15-9-10-3-4-11(20-10)12(17)18/h3-4H,5-9H2,1-2H3,(H,15,19)(H,17,18). The molecule has 2 rings (SSSR count). The number of rotatable bonds is 3. The van der Waals surface area contributed by atoms with Crippen molar-refractivity contribution >= 4 is 12.0 Å². The van der Waals surface area contributed by atoms with Gasteiger partial charge in [-0.05, 0) is 30.4 Å². The number of carboxylic acids is 1. The van der Waals surface area contributed by atoms with E-state index in [1.165, 1.54) is 6.07 Å². The number of piperidine rings is 1.